The molecule has 0 aromatic carbocycles. The maximum absolute atomic E-state index is 4.46. The molecule has 1 aliphatic rings. The third kappa shape index (κ3) is 2.73. The zero-order chi connectivity index (χ0) is 11.4. The van der Waals surface area contributed by atoms with Crippen molar-refractivity contribution < 1.29 is 0 Å². The molecule has 1 heterocycles. The van der Waals surface area contributed by atoms with Crippen molar-refractivity contribution in [2.24, 2.45) is 7.05 Å². The molecule has 1 unspecified atom stereocenters. The highest BCUT2D eigenvalue weighted by molar-refractivity contribution is 5.16. The van der Waals surface area contributed by atoms with E-state index in [1.807, 2.05) is 11.7 Å². The van der Waals surface area contributed by atoms with Crippen molar-refractivity contribution in [1.82, 2.24) is 15.1 Å². The average Bonchev–Trinajstić information content (AvgIpc) is 2.68. The van der Waals surface area contributed by atoms with E-state index in [1.54, 1.807) is 0 Å². The Morgan fingerprint density at radius 1 is 1.50 bits per heavy atom. The molecule has 0 bridgehead atoms. The number of hydrogen-bond donors (Lipinski definition) is 1. The first-order chi connectivity index (χ1) is 7.79. The van der Waals surface area contributed by atoms with Crippen LogP contribution in [0.1, 0.15) is 37.4 Å². The van der Waals surface area contributed by atoms with Gasteiger partial charge in [0.1, 0.15) is 0 Å². The van der Waals surface area contributed by atoms with E-state index in [0.29, 0.717) is 6.04 Å². The van der Waals surface area contributed by atoms with Gasteiger partial charge < -0.3 is 5.32 Å². The summed E-state index contributed by atoms with van der Waals surface area (Å²) < 4.78 is 1.91. The molecule has 2 rings (SSSR count). The molecule has 1 aromatic rings. The molecule has 0 saturated heterocycles. The fraction of sp³-hybridized carbons (Fsp3) is 0.615. The zero-order valence-electron chi connectivity index (χ0n) is 10.2. The van der Waals surface area contributed by atoms with E-state index in [2.05, 4.69) is 35.7 Å². The largest absolute Gasteiger partial charge is 0.309 e. The zero-order valence-corrected chi connectivity index (χ0v) is 10.2. The van der Waals surface area contributed by atoms with Gasteiger partial charge in [0.15, 0.2) is 0 Å². The van der Waals surface area contributed by atoms with Crippen LogP contribution < -0.4 is 5.32 Å². The lowest BCUT2D eigenvalue weighted by molar-refractivity contribution is 0.473. The second kappa shape index (κ2) is 5.30. The molecule has 3 heteroatoms. The van der Waals surface area contributed by atoms with Gasteiger partial charge in [0.05, 0.1) is 5.69 Å². The number of allylic oxidation sites excluding steroid dienone is 1. The lowest BCUT2D eigenvalue weighted by atomic mass is 10.0. The van der Waals surface area contributed by atoms with E-state index in [-0.39, 0.29) is 0 Å². The molecule has 1 atom stereocenters. The van der Waals surface area contributed by atoms with Gasteiger partial charge in [-0.15, -0.1) is 0 Å². The fourth-order valence-electron chi connectivity index (χ4n) is 2.26. The van der Waals surface area contributed by atoms with Crippen molar-refractivity contribution in [3.63, 3.8) is 0 Å². The number of aromatic nitrogens is 2. The van der Waals surface area contributed by atoms with Crippen LogP contribution >= 0.6 is 0 Å². The molecule has 0 aliphatic heterocycles. The molecular formula is C13H21N3. The molecule has 16 heavy (non-hydrogen) atoms. The van der Waals surface area contributed by atoms with Gasteiger partial charge in [-0.3, -0.25) is 4.68 Å². The smallest absolute Gasteiger partial charge is 0.0666 e. The predicted molar refractivity (Wildman–Crippen MR) is 66.2 cm³/mol. The average molecular weight is 219 g/mol. The summed E-state index contributed by atoms with van der Waals surface area (Å²) in [7, 11) is 1.99. The number of nitrogens with one attached hydrogen (secondary N) is 1. The molecular weight excluding hydrogens is 198 g/mol. The Kier molecular flexibility index (Phi) is 3.78. The number of nitrogens with zero attached hydrogens (tertiary/aromatic N) is 2. The minimum Gasteiger partial charge on any atom is -0.309 e. The summed E-state index contributed by atoms with van der Waals surface area (Å²) in [5.41, 5.74) is 2.57. The van der Waals surface area contributed by atoms with Crippen molar-refractivity contribution in [3.8, 4) is 0 Å². The highest BCUT2D eigenvalue weighted by Crippen LogP contribution is 2.12. The van der Waals surface area contributed by atoms with Crippen LogP contribution in [0.4, 0.5) is 0 Å². The van der Waals surface area contributed by atoms with E-state index in [9.17, 15) is 0 Å². The topological polar surface area (TPSA) is 29.9 Å². The van der Waals surface area contributed by atoms with E-state index in [4.69, 9.17) is 0 Å². The Morgan fingerprint density at radius 2 is 2.38 bits per heavy atom. The molecule has 0 fully saturated rings. The van der Waals surface area contributed by atoms with Crippen LogP contribution in [0, 0.1) is 0 Å². The Labute approximate surface area is 97.5 Å². The minimum absolute atomic E-state index is 0.648. The SMILES string of the molecule is CCc1nn(C)cc1CNC1CC=CCC1. The van der Waals surface area contributed by atoms with Crippen LogP contribution in [0.2, 0.25) is 0 Å². The molecule has 1 N–H and O–H groups in total. The molecule has 88 valence electrons. The summed E-state index contributed by atoms with van der Waals surface area (Å²) in [6.07, 6.45) is 11.4. The van der Waals surface area contributed by atoms with Crippen molar-refractivity contribution in [2.75, 3.05) is 0 Å². The third-order valence-corrected chi connectivity index (χ3v) is 3.18. The van der Waals surface area contributed by atoms with Crippen molar-refractivity contribution in [2.45, 2.75) is 45.2 Å². The molecule has 0 spiro atoms. The first-order valence-electron chi connectivity index (χ1n) is 6.19. The Bertz CT molecular complexity index is 365. The van der Waals surface area contributed by atoms with Crippen molar-refractivity contribution in [3.05, 3.63) is 29.6 Å². The Morgan fingerprint density at radius 3 is 3.06 bits per heavy atom. The Hall–Kier alpha value is -1.09. The molecule has 0 saturated carbocycles. The van der Waals surface area contributed by atoms with Gasteiger partial charge in [-0.2, -0.15) is 5.10 Å². The quantitative estimate of drug-likeness (QED) is 0.787. The highest BCUT2D eigenvalue weighted by Gasteiger charge is 2.11. The summed E-state index contributed by atoms with van der Waals surface area (Å²) in [4.78, 5) is 0. The fourth-order valence-corrected chi connectivity index (χ4v) is 2.26. The van der Waals surface area contributed by atoms with Crippen molar-refractivity contribution in [1.29, 1.82) is 0 Å². The van der Waals surface area contributed by atoms with Crippen LogP contribution in [0.5, 0.6) is 0 Å². The molecule has 0 radical (unpaired) electrons. The van der Waals surface area contributed by atoms with Crippen molar-refractivity contribution >= 4 is 0 Å². The maximum atomic E-state index is 4.46. The number of aryl methyl sites for hydroxylation is 2. The van der Waals surface area contributed by atoms with Crippen LogP contribution in [-0.4, -0.2) is 15.8 Å². The second-order valence-corrected chi connectivity index (χ2v) is 4.49. The lowest BCUT2D eigenvalue weighted by Crippen LogP contribution is -2.29. The lowest BCUT2D eigenvalue weighted by Gasteiger charge is -2.19. The van der Waals surface area contributed by atoms with Gasteiger partial charge in [0, 0.05) is 31.4 Å². The molecule has 1 aliphatic carbocycles. The normalized spacial score (nSPS) is 20.2. The maximum Gasteiger partial charge on any atom is 0.0666 e. The monoisotopic (exact) mass is 219 g/mol. The van der Waals surface area contributed by atoms with Gasteiger partial charge in [-0.1, -0.05) is 19.1 Å². The summed E-state index contributed by atoms with van der Waals surface area (Å²) in [5.74, 6) is 0. The van der Waals surface area contributed by atoms with E-state index in [0.717, 1.165) is 13.0 Å². The third-order valence-electron chi connectivity index (χ3n) is 3.18. The van der Waals surface area contributed by atoms with E-state index in [1.165, 1.54) is 30.5 Å². The van der Waals surface area contributed by atoms with Crippen LogP contribution in [0.15, 0.2) is 18.3 Å². The van der Waals surface area contributed by atoms with E-state index < -0.39 is 0 Å². The number of hydrogen-bond acceptors (Lipinski definition) is 2. The summed E-state index contributed by atoms with van der Waals surface area (Å²) >= 11 is 0. The van der Waals surface area contributed by atoms with Gasteiger partial charge >= 0.3 is 0 Å². The van der Waals surface area contributed by atoms with Gasteiger partial charge in [0.2, 0.25) is 0 Å². The van der Waals surface area contributed by atoms with Gasteiger partial charge in [0.25, 0.3) is 0 Å². The summed E-state index contributed by atoms with van der Waals surface area (Å²) in [6.45, 7) is 3.12. The number of rotatable bonds is 4. The van der Waals surface area contributed by atoms with Gasteiger partial charge in [-0.05, 0) is 25.7 Å². The molecule has 3 nitrogen and oxygen atoms in total. The van der Waals surface area contributed by atoms with Gasteiger partial charge in [-0.25, -0.2) is 0 Å². The second-order valence-electron chi connectivity index (χ2n) is 4.49. The molecule has 0 amide bonds. The first-order valence-corrected chi connectivity index (χ1v) is 6.19. The predicted octanol–water partition coefficient (Wildman–Crippen LogP) is 2.18. The van der Waals surface area contributed by atoms with Crippen LogP contribution in [-0.2, 0) is 20.0 Å². The molecule has 1 aromatic heterocycles. The Balaban J connectivity index is 1.90. The minimum atomic E-state index is 0.648. The van der Waals surface area contributed by atoms with Crippen LogP contribution in [0.25, 0.3) is 0 Å². The highest BCUT2D eigenvalue weighted by atomic mass is 15.3. The van der Waals surface area contributed by atoms with E-state index >= 15 is 0 Å². The van der Waals surface area contributed by atoms with Crippen LogP contribution in [0.3, 0.4) is 0 Å². The first kappa shape index (κ1) is 11.4. The summed E-state index contributed by atoms with van der Waals surface area (Å²) in [5, 5.41) is 8.08. The standard InChI is InChI=1S/C13H21N3/c1-3-13-11(10-16(2)15-13)9-14-12-7-5-4-6-8-12/h4-5,10,12,14H,3,6-9H2,1-2H3. The summed E-state index contributed by atoms with van der Waals surface area (Å²) in [6, 6.07) is 0.648.